The van der Waals surface area contributed by atoms with Crippen molar-refractivity contribution in [3.8, 4) is 0 Å². The number of nitrogen functional groups attached to an aromatic ring is 3. The minimum atomic E-state index is -0.949. The third-order valence-corrected chi connectivity index (χ3v) is 19.4. The average molecular weight is 1570 g/mol. The predicted octanol–water partition coefficient (Wildman–Crippen LogP) is 8.87. The van der Waals surface area contributed by atoms with Crippen molar-refractivity contribution in [1.82, 2.24) is 75.1 Å². The first-order valence-corrected chi connectivity index (χ1v) is 36.5. The van der Waals surface area contributed by atoms with Crippen LogP contribution < -0.4 is 52.4 Å². The Bertz CT molecular complexity index is 5300. The number of hydrazone groups is 2. The largest absolute Gasteiger partial charge is 1.00 e. The number of hydrogen-bond acceptors (Lipinski definition) is 23. The van der Waals surface area contributed by atoms with E-state index in [0.717, 1.165) is 89.4 Å². The molecule has 4 atom stereocenters. The fourth-order valence-electron chi connectivity index (χ4n) is 13.6. The molecule has 9 aromatic heterocycles. The van der Waals surface area contributed by atoms with Crippen LogP contribution in [0.25, 0.3) is 21.8 Å². The van der Waals surface area contributed by atoms with E-state index in [2.05, 4.69) is 141 Å². The van der Waals surface area contributed by atoms with E-state index >= 15 is 0 Å². The van der Waals surface area contributed by atoms with Gasteiger partial charge in [-0.15, -0.1) is 12.4 Å². The van der Waals surface area contributed by atoms with Gasteiger partial charge >= 0.3 is 30.8 Å². The van der Waals surface area contributed by atoms with Crippen LogP contribution in [0, 0.1) is 67.2 Å². The van der Waals surface area contributed by atoms with E-state index in [1.54, 1.807) is 48.9 Å². The van der Waals surface area contributed by atoms with Gasteiger partial charge < -0.3 is 48.9 Å². The maximum Gasteiger partial charge on any atom is 1.00 e. The summed E-state index contributed by atoms with van der Waals surface area (Å²) >= 11 is 0. The van der Waals surface area contributed by atoms with Crippen molar-refractivity contribution >= 4 is 87.8 Å². The second-order valence-electron chi connectivity index (χ2n) is 27.9. The Labute approximate surface area is 686 Å². The third-order valence-electron chi connectivity index (χ3n) is 19.4. The number of nitrogens with one attached hydrogen (secondary N) is 2. The molecule has 0 radical (unpaired) electrons. The van der Waals surface area contributed by atoms with E-state index in [9.17, 15) is 19.2 Å². The average Bonchev–Trinajstić information content (AvgIpc) is 1.83. The van der Waals surface area contributed by atoms with E-state index in [1.165, 1.54) is 41.6 Å². The Balaban J connectivity index is 0.000000184. The zero-order valence-electron chi connectivity index (χ0n) is 66.5. The third kappa shape index (κ3) is 22.9. The van der Waals surface area contributed by atoms with E-state index in [-0.39, 0.29) is 72.2 Å². The molecule has 4 aliphatic rings. The molecule has 11 heterocycles. The number of aryl methyl sites for hydroxylation is 8. The first-order chi connectivity index (χ1) is 53.8. The summed E-state index contributed by atoms with van der Waals surface area (Å²) < 4.78 is 8.42. The molecule has 0 saturated carbocycles. The molecular weight excluding hydrogens is 1470 g/mol. The monoisotopic (exact) mass is 1560 g/mol. The first-order valence-electron chi connectivity index (χ1n) is 36.5. The molecule has 2 aromatic carbocycles. The van der Waals surface area contributed by atoms with Gasteiger partial charge in [0.2, 0.25) is 0 Å². The Morgan fingerprint density at radius 3 is 1.23 bits per heavy atom. The summed E-state index contributed by atoms with van der Waals surface area (Å²) in [5.74, 6) is 0.531. The summed E-state index contributed by atoms with van der Waals surface area (Å²) in [6, 6.07) is 31.7. The van der Waals surface area contributed by atoms with Crippen LogP contribution in [0.2, 0.25) is 0 Å². The standard InChI is InChI=1S/2C23H26N6O.C16H15N3O2.C15H13N3O2.C8H13N3.ClH.Li.H2O/c2*1-14-4-5-21-18(8-14)11-27-29(21)13-19-10-17(6-7-25-19)23(30)26-12-20-15(2)9-22(24)28-16(20)3;1-11-3-4-15-13(7-11)9-18-19(15)10-14-8-12(5-6-17-14)16(20)21-2;1-10-2-3-14-12(6-10)8-17-18(14)9-13-7-11(15(19)20)4-5-16-13;1-5-3-8(10)11-6(2)7(5)4-9;;;/h2*4-11,18,21H,12-13H2,1-3H3,(H2,24,28)(H,26,30);3-9H,10H2,1-2H3;2-8H,9H2,1H3,(H,19,20);3H,4,9H2,1-2H3,(H2,10,11);1H;;1H2/q;;;;;;+1;/p-1. The van der Waals surface area contributed by atoms with E-state index in [4.69, 9.17) is 32.8 Å². The molecule has 0 spiro atoms. The Hall–Kier alpha value is -12.6. The minimum Gasteiger partial charge on any atom is -0.870 e. The summed E-state index contributed by atoms with van der Waals surface area (Å²) in [5.41, 5.74) is 43.3. The zero-order chi connectivity index (χ0) is 79.9. The molecule has 0 fully saturated rings. The van der Waals surface area contributed by atoms with Gasteiger partial charge in [0.15, 0.2) is 0 Å². The van der Waals surface area contributed by atoms with Crippen molar-refractivity contribution in [1.29, 1.82) is 0 Å². The quantitative estimate of drug-likeness (QED) is 0.0330. The number of aromatic carboxylic acids is 1. The number of ether oxygens (including phenoxy) is 1. The summed E-state index contributed by atoms with van der Waals surface area (Å²) in [6.45, 7) is 23.3. The van der Waals surface area contributed by atoms with Crippen molar-refractivity contribution in [2.45, 2.75) is 127 Å². The fraction of sp³-hybridized carbons (Fsp3) is 0.259. The molecule has 2 amide bonds. The molecule has 0 bridgehead atoms. The van der Waals surface area contributed by atoms with Crippen molar-refractivity contribution in [2.75, 3.05) is 24.3 Å². The van der Waals surface area contributed by atoms with Gasteiger partial charge in [0.1, 0.15) is 17.5 Å². The summed E-state index contributed by atoms with van der Waals surface area (Å²) in [4.78, 5) is 78.0. The number of nitrogens with two attached hydrogens (primary N) is 4. The molecule has 2 aliphatic heterocycles. The number of anilines is 3. The maximum absolute atomic E-state index is 12.7. The Morgan fingerprint density at radius 1 is 0.487 bits per heavy atom. The number of amides is 2. The molecule has 0 saturated heterocycles. The van der Waals surface area contributed by atoms with Crippen LogP contribution >= 0.6 is 12.4 Å². The smallest absolute Gasteiger partial charge is 0.870 e. The number of rotatable bonds is 17. The number of fused-ring (bicyclic) bond motifs is 4. The van der Waals surface area contributed by atoms with Crippen LogP contribution in [0.4, 0.5) is 17.5 Å². The molecule has 15 rings (SSSR count). The normalized spacial score (nSPS) is 15.0. The number of allylic oxidation sites excluding steroid dienone is 4. The van der Waals surface area contributed by atoms with Gasteiger partial charge in [-0.2, -0.15) is 20.4 Å². The number of carboxylic acid groups (broad SMARTS) is 1. The molecule has 590 valence electrons. The Morgan fingerprint density at radius 2 is 0.852 bits per heavy atom. The van der Waals surface area contributed by atoms with Gasteiger partial charge in [-0.3, -0.25) is 48.9 Å². The number of hydrogen-bond donors (Lipinski definition) is 7. The van der Waals surface area contributed by atoms with E-state index in [1.807, 2.05) is 141 Å². The van der Waals surface area contributed by atoms with Gasteiger partial charge in [0.05, 0.1) is 103 Å². The number of esters is 1. The van der Waals surface area contributed by atoms with Crippen molar-refractivity contribution < 1.29 is 53.4 Å². The SMILES string of the molecule is CC1=CC2C=NN(Cc3cc(C(=O)NCc4c(C)cc(N)nc4C)ccn3)C2C=C1.CC1=CC2C=NN(Cc3cc(C(=O)NCc4c(C)cc(N)nc4C)ccn3)C2C=C1.COC(=O)c1ccnc(Cn2ncc3cc(C)ccc32)c1.Cc1cc(N)nc(C)c1CN.Cc1ccc2c(cnn2Cc2cc(C(=O)O)ccn2)c1.Cl.[Li+].[OH-]. The predicted molar refractivity (Wildman–Crippen MR) is 445 cm³/mol. The molecule has 11 aromatic rings. The van der Waals surface area contributed by atoms with Crippen LogP contribution in [0.15, 0.2) is 198 Å². The topological polar surface area (TPSA) is 413 Å². The number of carboxylic acids is 1. The molecular formula is C85H95ClLiN21O7. The molecule has 4 unspecified atom stereocenters. The number of carbonyl (C=O) groups excluding carboxylic acids is 3. The van der Waals surface area contributed by atoms with E-state index < -0.39 is 5.97 Å². The number of aromatic nitrogens is 11. The fourth-order valence-corrected chi connectivity index (χ4v) is 13.6. The van der Waals surface area contributed by atoms with Gasteiger partial charge in [0, 0.05) is 108 Å². The molecule has 28 nitrogen and oxygen atoms in total. The molecule has 12 N–H and O–H groups in total. The first kappa shape index (κ1) is 88.0. The van der Waals surface area contributed by atoms with Crippen LogP contribution in [0.3, 0.4) is 0 Å². The number of methoxy groups -OCH3 is 1. The summed E-state index contributed by atoms with van der Waals surface area (Å²) in [6.07, 6.45) is 27.1. The minimum absolute atomic E-state index is 0. The Kier molecular flexibility index (Phi) is 30.8. The summed E-state index contributed by atoms with van der Waals surface area (Å²) in [5, 5.41) is 38.9. The van der Waals surface area contributed by atoms with Crippen molar-refractivity contribution in [2.24, 2.45) is 27.8 Å². The number of carbonyl (C=O) groups is 4. The van der Waals surface area contributed by atoms with E-state index in [0.29, 0.717) is 97.5 Å². The van der Waals surface area contributed by atoms with Gasteiger partial charge in [-0.05, 0) is 194 Å². The second kappa shape index (κ2) is 40.2. The van der Waals surface area contributed by atoms with Crippen LogP contribution in [0.5, 0.6) is 0 Å². The number of halogens is 1. The molecule has 30 heteroatoms. The number of pyridine rings is 7. The van der Waals surface area contributed by atoms with Crippen molar-refractivity contribution in [3.63, 3.8) is 0 Å². The van der Waals surface area contributed by atoms with Crippen molar-refractivity contribution in [3.05, 3.63) is 295 Å². The number of benzene rings is 2. The number of nitrogens with zero attached hydrogens (tertiary/aromatic N) is 15. The van der Waals surface area contributed by atoms with Gasteiger partial charge in [0.25, 0.3) is 11.8 Å². The van der Waals surface area contributed by atoms with Gasteiger partial charge in [-0.1, -0.05) is 70.9 Å². The molecule has 2 aliphatic carbocycles. The van der Waals surface area contributed by atoms with Crippen LogP contribution in [0.1, 0.15) is 140 Å². The molecule has 115 heavy (non-hydrogen) atoms. The second-order valence-corrected chi connectivity index (χ2v) is 27.9. The zero-order valence-corrected chi connectivity index (χ0v) is 67.3. The summed E-state index contributed by atoms with van der Waals surface area (Å²) in [7, 11) is 1.37. The van der Waals surface area contributed by atoms with Gasteiger partial charge in [-0.25, -0.2) is 24.5 Å². The van der Waals surface area contributed by atoms with Crippen LogP contribution in [-0.2, 0) is 50.6 Å². The van der Waals surface area contributed by atoms with Crippen LogP contribution in [-0.4, -0.2) is 130 Å². The maximum atomic E-state index is 12.7.